The van der Waals surface area contributed by atoms with Crippen LogP contribution in [0.1, 0.15) is 76.2 Å². The lowest BCUT2D eigenvalue weighted by molar-refractivity contribution is -0.141. The van der Waals surface area contributed by atoms with Crippen molar-refractivity contribution in [3.63, 3.8) is 0 Å². The average Bonchev–Trinajstić information content (AvgIpc) is 2.90. The molecule has 1 aliphatic heterocycles. The van der Waals surface area contributed by atoms with Crippen molar-refractivity contribution in [1.29, 1.82) is 5.41 Å². The molecule has 1 atom stereocenters. The number of H-pyrrole nitrogens is 1. The lowest BCUT2D eigenvalue weighted by atomic mass is 9.84. The topological polar surface area (TPSA) is 175 Å². The fourth-order valence-corrected chi connectivity index (χ4v) is 5.86. The molecule has 0 spiro atoms. The number of ether oxygens (including phenoxy) is 1. The van der Waals surface area contributed by atoms with Crippen LogP contribution < -0.4 is 17.0 Å². The molecule has 0 aromatic carbocycles. The maximum absolute atomic E-state index is 12.7. The molecule has 2 saturated carbocycles. The summed E-state index contributed by atoms with van der Waals surface area (Å²) >= 11 is 0. The normalized spacial score (nSPS) is 19.3. The first-order valence-electron chi connectivity index (χ1n) is 14.5. The number of hydrogen-bond acceptors (Lipinski definition) is 8. The molecule has 12 heteroatoms. The van der Waals surface area contributed by atoms with Crippen LogP contribution >= 0.6 is 0 Å². The molecule has 0 bridgehead atoms. The Morgan fingerprint density at radius 2 is 1.70 bits per heavy atom. The van der Waals surface area contributed by atoms with Crippen LogP contribution in [0.25, 0.3) is 0 Å². The van der Waals surface area contributed by atoms with Crippen LogP contribution in [0.4, 0.5) is 0 Å². The Morgan fingerprint density at radius 1 is 1.07 bits per heavy atom. The number of nitrogens with two attached hydrogens (primary N) is 1. The zero-order valence-corrected chi connectivity index (χ0v) is 23.9. The van der Waals surface area contributed by atoms with E-state index in [-0.39, 0.29) is 17.5 Å². The van der Waals surface area contributed by atoms with Gasteiger partial charge in [-0.3, -0.25) is 39.1 Å². The van der Waals surface area contributed by atoms with E-state index >= 15 is 0 Å². The number of imide groups is 1. The summed E-state index contributed by atoms with van der Waals surface area (Å²) in [5.74, 6) is 0.431. The number of carbonyl (C=O) groups is 2. The Labute approximate surface area is 235 Å². The molecule has 1 aromatic heterocycles. The van der Waals surface area contributed by atoms with Crippen LogP contribution in [-0.2, 0) is 20.9 Å². The Kier molecular flexibility index (Phi) is 11.9. The summed E-state index contributed by atoms with van der Waals surface area (Å²) in [6, 6.07) is -0.170. The monoisotopic (exact) mass is 562 g/mol. The molecule has 1 saturated heterocycles. The van der Waals surface area contributed by atoms with Crippen LogP contribution in [0, 0.1) is 23.2 Å². The maximum atomic E-state index is 12.7. The van der Waals surface area contributed by atoms with E-state index in [2.05, 4.69) is 9.88 Å². The van der Waals surface area contributed by atoms with Crippen LogP contribution in [-0.4, -0.2) is 82.5 Å². The van der Waals surface area contributed by atoms with E-state index in [1.54, 1.807) is 7.05 Å². The summed E-state index contributed by atoms with van der Waals surface area (Å²) in [6.45, 7) is 2.92. The highest BCUT2D eigenvalue weighted by molar-refractivity contribution is 5.96. The fourth-order valence-electron chi connectivity index (χ4n) is 5.86. The largest absolute Gasteiger partial charge is 0.494 e. The van der Waals surface area contributed by atoms with Gasteiger partial charge in [0.25, 0.3) is 5.56 Å². The molecule has 3 fully saturated rings. The van der Waals surface area contributed by atoms with Crippen molar-refractivity contribution < 1.29 is 19.4 Å². The predicted octanol–water partition coefficient (Wildman–Crippen LogP) is 1.62. The predicted molar refractivity (Wildman–Crippen MR) is 151 cm³/mol. The van der Waals surface area contributed by atoms with Crippen molar-refractivity contribution in [3.05, 3.63) is 26.4 Å². The third-order valence-corrected chi connectivity index (χ3v) is 8.60. The molecule has 12 nitrogen and oxygen atoms in total. The number of amidine groups is 1. The Morgan fingerprint density at radius 3 is 2.25 bits per heavy atom. The first-order chi connectivity index (χ1) is 19.1. The SMILES string of the molecule is CN(C=O)C(=O)C(CC1CCCCC1)N(C)CC1CCOCC1.N=C(N)c1c(O)n(CC2CCC2)c(=O)[nH]c1=O. The summed E-state index contributed by atoms with van der Waals surface area (Å²) in [4.78, 5) is 52.1. The van der Waals surface area contributed by atoms with E-state index in [1.807, 2.05) is 7.05 Å². The number of amides is 2. The molecule has 40 heavy (non-hydrogen) atoms. The first-order valence-corrected chi connectivity index (χ1v) is 14.5. The second-order valence-electron chi connectivity index (χ2n) is 11.6. The van der Waals surface area contributed by atoms with Crippen LogP contribution in [0.5, 0.6) is 5.88 Å². The highest BCUT2D eigenvalue weighted by atomic mass is 16.5. The Bertz CT molecular complexity index is 1120. The molecule has 5 N–H and O–H groups in total. The second-order valence-corrected chi connectivity index (χ2v) is 11.6. The zero-order chi connectivity index (χ0) is 29.2. The average molecular weight is 563 g/mol. The highest BCUT2D eigenvalue weighted by Gasteiger charge is 2.31. The van der Waals surface area contributed by atoms with Gasteiger partial charge < -0.3 is 15.6 Å². The van der Waals surface area contributed by atoms with Crippen molar-refractivity contribution in [2.45, 2.75) is 83.2 Å². The van der Waals surface area contributed by atoms with E-state index in [1.165, 1.54) is 37.0 Å². The van der Waals surface area contributed by atoms with Gasteiger partial charge >= 0.3 is 5.69 Å². The van der Waals surface area contributed by atoms with E-state index in [9.17, 15) is 24.3 Å². The van der Waals surface area contributed by atoms with Crippen molar-refractivity contribution in [2.75, 3.05) is 33.9 Å². The Hall–Kier alpha value is -2.99. The number of likely N-dealkylation sites (N-methyl/N-ethyl adjacent to an activating group) is 2. The number of aromatic nitrogens is 2. The van der Waals surface area contributed by atoms with Gasteiger partial charge in [0, 0.05) is 33.4 Å². The van der Waals surface area contributed by atoms with Gasteiger partial charge in [-0.15, -0.1) is 0 Å². The minimum atomic E-state index is -0.829. The first kappa shape index (κ1) is 31.5. The molecule has 3 aliphatic rings. The van der Waals surface area contributed by atoms with E-state index in [0.717, 1.165) is 62.9 Å². The zero-order valence-electron chi connectivity index (χ0n) is 23.9. The standard InChI is InChI=1S/C18H32N2O3.C10H14N4O3/c1-19(13-16-8-10-23-11-9-16)17(18(22)20(2)14-21)12-15-6-4-3-5-7-15;11-7(12)6-8(15)13-10(17)14(9(6)16)4-5-2-1-3-5/h14-17H,3-13H2,1-2H3;5,16H,1-4H2,(H3,11,12)(H,13,15,17). The van der Waals surface area contributed by atoms with Gasteiger partial charge in [0.15, 0.2) is 0 Å². The minimum Gasteiger partial charge on any atom is -0.494 e. The smallest absolute Gasteiger partial charge is 0.331 e. The number of nitrogens with zero attached hydrogens (tertiary/aromatic N) is 3. The number of nitrogen functional groups attached to an aromatic ring is 1. The number of nitrogens with one attached hydrogen (secondary N) is 2. The lowest BCUT2D eigenvalue weighted by Gasteiger charge is -2.35. The third kappa shape index (κ3) is 8.50. The summed E-state index contributed by atoms with van der Waals surface area (Å²) in [6.07, 6.45) is 13.1. The lowest BCUT2D eigenvalue weighted by Crippen LogP contribution is -2.48. The van der Waals surface area contributed by atoms with Crippen molar-refractivity contribution in [2.24, 2.45) is 23.5 Å². The van der Waals surface area contributed by atoms with Crippen molar-refractivity contribution >= 4 is 18.2 Å². The van der Waals surface area contributed by atoms with E-state index < -0.39 is 23.0 Å². The van der Waals surface area contributed by atoms with Gasteiger partial charge in [-0.05, 0) is 56.9 Å². The summed E-state index contributed by atoms with van der Waals surface area (Å²) in [5, 5.41) is 17.0. The number of aromatic hydroxyl groups is 1. The molecule has 1 aromatic rings. The van der Waals surface area contributed by atoms with Gasteiger partial charge in [0.05, 0.1) is 6.04 Å². The molecule has 0 radical (unpaired) electrons. The van der Waals surface area contributed by atoms with Crippen LogP contribution in [0.2, 0.25) is 0 Å². The van der Waals surface area contributed by atoms with Gasteiger partial charge in [-0.1, -0.05) is 38.5 Å². The summed E-state index contributed by atoms with van der Waals surface area (Å²) in [5.41, 5.74) is 3.36. The van der Waals surface area contributed by atoms with Crippen LogP contribution in [0.15, 0.2) is 9.59 Å². The highest BCUT2D eigenvalue weighted by Crippen LogP contribution is 2.30. The fraction of sp³-hybridized carbons (Fsp3) is 0.750. The number of hydrogen-bond donors (Lipinski definition) is 4. The number of aromatic amines is 1. The number of rotatable bonds is 10. The van der Waals surface area contributed by atoms with Gasteiger partial charge in [-0.2, -0.15) is 0 Å². The van der Waals surface area contributed by atoms with Crippen molar-refractivity contribution in [3.8, 4) is 5.88 Å². The molecular weight excluding hydrogens is 516 g/mol. The minimum absolute atomic E-state index is 0.0554. The maximum Gasteiger partial charge on any atom is 0.331 e. The molecule has 224 valence electrons. The van der Waals surface area contributed by atoms with Crippen molar-refractivity contribution in [1.82, 2.24) is 19.4 Å². The van der Waals surface area contributed by atoms with Crippen LogP contribution in [0.3, 0.4) is 0 Å². The summed E-state index contributed by atoms with van der Waals surface area (Å²) in [7, 11) is 3.62. The molecular formula is C28H46N6O6. The Balaban J connectivity index is 0.000000230. The van der Waals surface area contributed by atoms with E-state index in [0.29, 0.717) is 30.7 Å². The van der Waals surface area contributed by atoms with Gasteiger partial charge in [-0.25, -0.2) is 4.79 Å². The second kappa shape index (κ2) is 15.1. The molecule has 2 amide bonds. The van der Waals surface area contributed by atoms with E-state index in [4.69, 9.17) is 15.9 Å². The van der Waals surface area contributed by atoms with Gasteiger partial charge in [0.2, 0.25) is 18.2 Å². The molecule has 2 heterocycles. The third-order valence-electron chi connectivity index (χ3n) is 8.60. The molecule has 1 unspecified atom stereocenters. The quantitative estimate of drug-likeness (QED) is 0.189. The number of carbonyl (C=O) groups excluding carboxylic acids is 2. The molecule has 2 aliphatic carbocycles. The van der Waals surface area contributed by atoms with Gasteiger partial charge in [0.1, 0.15) is 11.4 Å². The molecule has 4 rings (SSSR count). The summed E-state index contributed by atoms with van der Waals surface area (Å²) < 4.78 is 6.50.